The molecule has 112 valence electrons. The lowest BCUT2D eigenvalue weighted by Crippen LogP contribution is -2.26. The SMILES string of the molecule is CCCC1CCN(CCOc2ccc(CNC)cc2)C1. The van der Waals surface area contributed by atoms with Crippen molar-refractivity contribution in [3.63, 3.8) is 0 Å². The zero-order valence-electron chi connectivity index (χ0n) is 12.9. The maximum Gasteiger partial charge on any atom is 0.119 e. The average molecular weight is 276 g/mol. The van der Waals surface area contributed by atoms with E-state index >= 15 is 0 Å². The molecule has 0 amide bonds. The molecule has 1 aromatic rings. The Bertz CT molecular complexity index is 377. The van der Waals surface area contributed by atoms with Gasteiger partial charge < -0.3 is 10.1 Å². The van der Waals surface area contributed by atoms with Gasteiger partial charge in [-0.05, 0) is 50.0 Å². The predicted molar refractivity (Wildman–Crippen MR) is 84.2 cm³/mol. The second-order valence-corrected chi connectivity index (χ2v) is 5.77. The number of likely N-dealkylation sites (tertiary alicyclic amines) is 1. The van der Waals surface area contributed by atoms with E-state index in [1.165, 1.54) is 37.9 Å². The average Bonchev–Trinajstić information content (AvgIpc) is 2.89. The Morgan fingerprint density at radius 2 is 2.10 bits per heavy atom. The van der Waals surface area contributed by atoms with E-state index in [0.29, 0.717) is 0 Å². The minimum absolute atomic E-state index is 0.796. The molecule has 3 nitrogen and oxygen atoms in total. The van der Waals surface area contributed by atoms with E-state index in [2.05, 4.69) is 41.4 Å². The van der Waals surface area contributed by atoms with Gasteiger partial charge in [-0.1, -0.05) is 25.5 Å². The lowest BCUT2D eigenvalue weighted by molar-refractivity contribution is 0.232. The van der Waals surface area contributed by atoms with Gasteiger partial charge in [-0.2, -0.15) is 0 Å². The summed E-state index contributed by atoms with van der Waals surface area (Å²) in [7, 11) is 1.96. The predicted octanol–water partition coefficient (Wildman–Crippen LogP) is 2.91. The van der Waals surface area contributed by atoms with E-state index in [4.69, 9.17) is 4.74 Å². The molecule has 20 heavy (non-hydrogen) atoms. The highest BCUT2D eigenvalue weighted by molar-refractivity contribution is 5.27. The molecular formula is C17H28N2O. The van der Waals surface area contributed by atoms with E-state index in [-0.39, 0.29) is 0 Å². The number of nitrogens with one attached hydrogen (secondary N) is 1. The second kappa shape index (κ2) is 8.28. The summed E-state index contributed by atoms with van der Waals surface area (Å²) in [5.41, 5.74) is 1.29. The molecule has 1 N–H and O–H groups in total. The van der Waals surface area contributed by atoms with Crippen LogP contribution in [0.25, 0.3) is 0 Å². The molecule has 1 saturated heterocycles. The Morgan fingerprint density at radius 3 is 2.80 bits per heavy atom. The third kappa shape index (κ3) is 4.80. The fourth-order valence-electron chi connectivity index (χ4n) is 2.96. The monoisotopic (exact) mass is 276 g/mol. The van der Waals surface area contributed by atoms with Gasteiger partial charge in [0, 0.05) is 19.6 Å². The summed E-state index contributed by atoms with van der Waals surface area (Å²) in [6, 6.07) is 8.38. The molecule has 0 bridgehead atoms. The molecule has 0 saturated carbocycles. The van der Waals surface area contributed by atoms with Crippen LogP contribution >= 0.6 is 0 Å². The molecule has 0 aromatic heterocycles. The Morgan fingerprint density at radius 1 is 1.30 bits per heavy atom. The lowest BCUT2D eigenvalue weighted by Gasteiger charge is -2.16. The zero-order valence-corrected chi connectivity index (χ0v) is 12.9. The van der Waals surface area contributed by atoms with Crippen LogP contribution in [0.2, 0.25) is 0 Å². The van der Waals surface area contributed by atoms with Crippen molar-refractivity contribution < 1.29 is 4.74 Å². The number of nitrogens with zero attached hydrogens (tertiary/aromatic N) is 1. The van der Waals surface area contributed by atoms with E-state index < -0.39 is 0 Å². The Kier molecular flexibility index (Phi) is 6.34. The molecule has 1 heterocycles. The number of rotatable bonds is 8. The van der Waals surface area contributed by atoms with Crippen molar-refractivity contribution in [2.75, 3.05) is 33.3 Å². The van der Waals surface area contributed by atoms with Crippen LogP contribution in [-0.2, 0) is 6.54 Å². The van der Waals surface area contributed by atoms with Gasteiger partial charge in [0.05, 0.1) is 0 Å². The van der Waals surface area contributed by atoms with Crippen molar-refractivity contribution in [3.8, 4) is 5.75 Å². The Balaban J connectivity index is 1.66. The first-order valence-electron chi connectivity index (χ1n) is 7.90. The molecule has 1 unspecified atom stereocenters. The van der Waals surface area contributed by atoms with Crippen molar-refractivity contribution >= 4 is 0 Å². The highest BCUT2D eigenvalue weighted by atomic mass is 16.5. The summed E-state index contributed by atoms with van der Waals surface area (Å²) in [6.45, 7) is 7.55. The smallest absolute Gasteiger partial charge is 0.119 e. The lowest BCUT2D eigenvalue weighted by atomic mass is 10.0. The molecule has 1 aliphatic heterocycles. The summed E-state index contributed by atoms with van der Waals surface area (Å²) in [5, 5.41) is 3.15. The van der Waals surface area contributed by atoms with Crippen LogP contribution in [0.15, 0.2) is 24.3 Å². The molecule has 1 atom stereocenters. The molecule has 0 radical (unpaired) electrons. The van der Waals surface area contributed by atoms with Crippen LogP contribution < -0.4 is 10.1 Å². The van der Waals surface area contributed by atoms with Gasteiger partial charge >= 0.3 is 0 Å². The van der Waals surface area contributed by atoms with Gasteiger partial charge in [-0.25, -0.2) is 0 Å². The first-order valence-corrected chi connectivity index (χ1v) is 7.90. The standard InChI is InChI=1S/C17H28N2O/c1-3-4-16-9-10-19(14-16)11-12-20-17-7-5-15(6-8-17)13-18-2/h5-8,16,18H,3-4,9-14H2,1-2H3. The van der Waals surface area contributed by atoms with Crippen LogP contribution in [0.5, 0.6) is 5.75 Å². The molecule has 0 spiro atoms. The van der Waals surface area contributed by atoms with Crippen LogP contribution in [0, 0.1) is 5.92 Å². The van der Waals surface area contributed by atoms with Crippen molar-refractivity contribution in [3.05, 3.63) is 29.8 Å². The minimum Gasteiger partial charge on any atom is -0.492 e. The molecular weight excluding hydrogens is 248 g/mol. The molecule has 1 aliphatic rings. The van der Waals surface area contributed by atoms with E-state index in [0.717, 1.165) is 31.4 Å². The van der Waals surface area contributed by atoms with Crippen LogP contribution in [0.1, 0.15) is 31.7 Å². The van der Waals surface area contributed by atoms with Crippen molar-refractivity contribution in [1.29, 1.82) is 0 Å². The van der Waals surface area contributed by atoms with Gasteiger partial charge in [-0.15, -0.1) is 0 Å². The first kappa shape index (κ1) is 15.3. The van der Waals surface area contributed by atoms with Crippen LogP contribution in [-0.4, -0.2) is 38.2 Å². The van der Waals surface area contributed by atoms with Gasteiger partial charge in [-0.3, -0.25) is 4.90 Å². The summed E-state index contributed by atoms with van der Waals surface area (Å²) >= 11 is 0. The largest absolute Gasteiger partial charge is 0.492 e. The van der Waals surface area contributed by atoms with Crippen molar-refractivity contribution in [2.45, 2.75) is 32.7 Å². The highest BCUT2D eigenvalue weighted by Crippen LogP contribution is 2.20. The van der Waals surface area contributed by atoms with Gasteiger partial charge in [0.25, 0.3) is 0 Å². The van der Waals surface area contributed by atoms with Gasteiger partial charge in [0.1, 0.15) is 12.4 Å². The fourth-order valence-corrected chi connectivity index (χ4v) is 2.96. The third-order valence-corrected chi connectivity index (χ3v) is 4.05. The van der Waals surface area contributed by atoms with E-state index in [1.54, 1.807) is 0 Å². The summed E-state index contributed by atoms with van der Waals surface area (Å²) in [4.78, 5) is 2.54. The third-order valence-electron chi connectivity index (χ3n) is 4.05. The molecule has 0 aliphatic carbocycles. The number of ether oxygens (including phenoxy) is 1. The number of hydrogen-bond acceptors (Lipinski definition) is 3. The van der Waals surface area contributed by atoms with Crippen molar-refractivity contribution in [2.24, 2.45) is 5.92 Å². The quantitative estimate of drug-likeness (QED) is 0.790. The number of hydrogen-bond donors (Lipinski definition) is 1. The molecule has 2 rings (SSSR count). The van der Waals surface area contributed by atoms with Gasteiger partial charge in [0.15, 0.2) is 0 Å². The Labute approximate surface area is 123 Å². The maximum absolute atomic E-state index is 5.83. The summed E-state index contributed by atoms with van der Waals surface area (Å²) in [5.74, 6) is 1.90. The van der Waals surface area contributed by atoms with E-state index in [1.807, 2.05) is 7.05 Å². The zero-order chi connectivity index (χ0) is 14.2. The van der Waals surface area contributed by atoms with Crippen LogP contribution in [0.3, 0.4) is 0 Å². The topological polar surface area (TPSA) is 24.5 Å². The molecule has 1 aromatic carbocycles. The molecule has 3 heteroatoms. The normalized spacial score (nSPS) is 19.4. The highest BCUT2D eigenvalue weighted by Gasteiger charge is 2.20. The Hall–Kier alpha value is -1.06. The minimum atomic E-state index is 0.796. The van der Waals surface area contributed by atoms with Gasteiger partial charge in [0.2, 0.25) is 0 Å². The fraction of sp³-hybridized carbons (Fsp3) is 0.647. The first-order chi connectivity index (χ1) is 9.81. The van der Waals surface area contributed by atoms with E-state index in [9.17, 15) is 0 Å². The maximum atomic E-state index is 5.83. The van der Waals surface area contributed by atoms with Crippen LogP contribution in [0.4, 0.5) is 0 Å². The summed E-state index contributed by atoms with van der Waals surface area (Å²) in [6.07, 6.45) is 4.06. The van der Waals surface area contributed by atoms with Crippen molar-refractivity contribution in [1.82, 2.24) is 10.2 Å². The second-order valence-electron chi connectivity index (χ2n) is 5.77. The molecule has 1 fully saturated rings. The summed E-state index contributed by atoms with van der Waals surface area (Å²) < 4.78 is 5.83. The number of benzene rings is 1.